The average molecular weight is 303 g/mol. The highest BCUT2D eigenvalue weighted by molar-refractivity contribution is 5.80. The largest absolute Gasteiger partial charge is 0.573 e. The molecule has 0 aliphatic rings. The number of nitrogens with one attached hydrogen (secondary N) is 1. The molecule has 0 saturated heterocycles. The number of para-hydroxylation sites is 1. The lowest BCUT2D eigenvalue weighted by molar-refractivity contribution is -0.274. The lowest BCUT2D eigenvalue weighted by Crippen LogP contribution is -2.17. The molecule has 1 N–H and O–H groups in total. The summed E-state index contributed by atoms with van der Waals surface area (Å²) in [6.07, 6.45) is -1.74. The number of ether oxygens (including phenoxy) is 1. The number of aromatic nitrogens is 3. The fourth-order valence-electron chi connectivity index (χ4n) is 1.88. The van der Waals surface area contributed by atoms with E-state index in [-0.39, 0.29) is 11.3 Å². The Kier molecular flexibility index (Phi) is 3.43. The molecule has 22 heavy (non-hydrogen) atoms. The zero-order valence-electron chi connectivity index (χ0n) is 11.0. The highest BCUT2D eigenvalue weighted by Gasteiger charge is 2.31. The van der Waals surface area contributed by atoms with Crippen molar-refractivity contribution in [1.82, 2.24) is 15.0 Å². The van der Waals surface area contributed by atoms with E-state index in [1.807, 2.05) is 0 Å². The molecule has 1 aromatic carbocycles. The van der Waals surface area contributed by atoms with Crippen LogP contribution in [0.25, 0.3) is 11.0 Å². The number of halogens is 3. The third-order valence-corrected chi connectivity index (χ3v) is 2.78. The molecule has 0 aliphatic heterocycles. The Hall–Kier alpha value is -3.01. The number of aromatic amines is 1. The third kappa shape index (κ3) is 3.01. The summed E-state index contributed by atoms with van der Waals surface area (Å²) in [5.41, 5.74) is 1.16. The quantitative estimate of drug-likeness (QED) is 0.702. The van der Waals surface area contributed by atoms with Gasteiger partial charge in [0.15, 0.2) is 0 Å². The summed E-state index contributed by atoms with van der Waals surface area (Å²) in [5, 5.41) is 0.698. The van der Waals surface area contributed by atoms with Gasteiger partial charge >= 0.3 is 6.36 Å². The number of benzene rings is 1. The van der Waals surface area contributed by atoms with Crippen LogP contribution in [0.3, 0.4) is 0 Å². The van der Waals surface area contributed by atoms with Gasteiger partial charge < -0.3 is 9.72 Å². The van der Waals surface area contributed by atoms with E-state index in [1.54, 1.807) is 18.3 Å². The normalized spacial score (nSPS) is 11.0. The molecular weight excluding hydrogens is 295 g/mol. The number of hydrogen-bond donors (Lipinski definition) is 1. The van der Waals surface area contributed by atoms with E-state index in [1.165, 1.54) is 24.5 Å². The van der Waals surface area contributed by atoms with E-state index < -0.39 is 6.36 Å². The van der Waals surface area contributed by atoms with Gasteiger partial charge in [0.2, 0.25) is 0 Å². The summed E-state index contributed by atoms with van der Waals surface area (Å²) in [4.78, 5) is 11.0. The van der Waals surface area contributed by atoms with Gasteiger partial charge in [0.25, 0.3) is 0 Å². The van der Waals surface area contributed by atoms with E-state index in [0.29, 0.717) is 16.7 Å². The van der Waals surface area contributed by atoms with E-state index >= 15 is 0 Å². The Morgan fingerprint density at radius 3 is 2.68 bits per heavy atom. The van der Waals surface area contributed by atoms with Crippen LogP contribution in [0.15, 0.2) is 42.9 Å². The van der Waals surface area contributed by atoms with Crippen molar-refractivity contribution in [2.75, 3.05) is 0 Å². The van der Waals surface area contributed by atoms with Crippen molar-refractivity contribution in [3.8, 4) is 17.6 Å². The molecule has 0 spiro atoms. The van der Waals surface area contributed by atoms with Crippen LogP contribution < -0.4 is 4.74 Å². The molecule has 0 saturated carbocycles. The smallest absolute Gasteiger partial charge is 0.404 e. The molecule has 0 amide bonds. The van der Waals surface area contributed by atoms with Crippen molar-refractivity contribution >= 4 is 11.0 Å². The summed E-state index contributed by atoms with van der Waals surface area (Å²) in [6.45, 7) is 0. The van der Waals surface area contributed by atoms with Crippen LogP contribution in [0.1, 0.15) is 11.3 Å². The lowest BCUT2D eigenvalue weighted by Gasteiger charge is -2.09. The van der Waals surface area contributed by atoms with Crippen LogP contribution >= 0.6 is 0 Å². The molecule has 0 aliphatic carbocycles. The first-order valence-electron chi connectivity index (χ1n) is 6.18. The van der Waals surface area contributed by atoms with Crippen LogP contribution in [-0.4, -0.2) is 21.3 Å². The Morgan fingerprint density at radius 1 is 1.05 bits per heavy atom. The Bertz CT molecular complexity index is 875. The van der Waals surface area contributed by atoms with Crippen molar-refractivity contribution in [2.45, 2.75) is 6.36 Å². The summed E-state index contributed by atoms with van der Waals surface area (Å²) < 4.78 is 41.0. The van der Waals surface area contributed by atoms with Gasteiger partial charge in [-0.25, -0.2) is 9.97 Å². The number of rotatable bonds is 1. The van der Waals surface area contributed by atoms with Crippen LogP contribution in [0.5, 0.6) is 5.75 Å². The second kappa shape index (κ2) is 5.41. The maximum absolute atomic E-state index is 12.4. The zero-order chi connectivity index (χ0) is 15.6. The van der Waals surface area contributed by atoms with Gasteiger partial charge in [0, 0.05) is 6.20 Å². The van der Waals surface area contributed by atoms with Crippen molar-refractivity contribution in [2.24, 2.45) is 0 Å². The first-order chi connectivity index (χ1) is 10.5. The SMILES string of the molecule is FC(F)(F)Oc1ccccc1C#Cc1ncnc2[nH]ccc12. The third-order valence-electron chi connectivity index (χ3n) is 2.78. The molecule has 0 unspecified atom stereocenters. The summed E-state index contributed by atoms with van der Waals surface area (Å²) >= 11 is 0. The molecule has 2 aromatic heterocycles. The highest BCUT2D eigenvalue weighted by Crippen LogP contribution is 2.25. The molecule has 0 bridgehead atoms. The van der Waals surface area contributed by atoms with E-state index in [9.17, 15) is 13.2 Å². The van der Waals surface area contributed by atoms with Crippen LogP contribution in [0.4, 0.5) is 13.2 Å². The van der Waals surface area contributed by atoms with Gasteiger partial charge in [-0.3, -0.25) is 0 Å². The molecule has 7 heteroatoms. The fraction of sp³-hybridized carbons (Fsp3) is 0.0667. The molecule has 2 heterocycles. The van der Waals surface area contributed by atoms with Gasteiger partial charge in [-0.05, 0) is 24.1 Å². The van der Waals surface area contributed by atoms with E-state index in [4.69, 9.17) is 0 Å². The number of H-pyrrole nitrogens is 1. The standard InChI is InChI=1S/C15H8F3N3O/c16-15(17,18)22-13-4-2-1-3-10(13)5-6-12-11-7-8-19-14(11)21-9-20-12/h1-4,7-9H,(H,19,20,21). The van der Waals surface area contributed by atoms with Crippen molar-refractivity contribution in [1.29, 1.82) is 0 Å². The second-order valence-corrected chi connectivity index (χ2v) is 4.26. The van der Waals surface area contributed by atoms with Gasteiger partial charge in [0.1, 0.15) is 23.4 Å². The Morgan fingerprint density at radius 2 is 1.86 bits per heavy atom. The molecule has 3 rings (SSSR count). The topological polar surface area (TPSA) is 50.8 Å². The predicted molar refractivity (Wildman–Crippen MR) is 73.0 cm³/mol. The van der Waals surface area contributed by atoms with Gasteiger partial charge in [0.05, 0.1) is 10.9 Å². The molecular formula is C15H8F3N3O. The average Bonchev–Trinajstić information content (AvgIpc) is 2.93. The fourth-order valence-corrected chi connectivity index (χ4v) is 1.88. The minimum Gasteiger partial charge on any atom is -0.404 e. The summed E-state index contributed by atoms with van der Waals surface area (Å²) in [6, 6.07) is 7.44. The van der Waals surface area contributed by atoms with Gasteiger partial charge in [-0.15, -0.1) is 13.2 Å². The highest BCUT2D eigenvalue weighted by atomic mass is 19.4. The minimum absolute atomic E-state index is 0.127. The first kappa shape index (κ1) is 13.9. The molecule has 0 radical (unpaired) electrons. The van der Waals surface area contributed by atoms with Crippen LogP contribution in [0, 0.1) is 11.8 Å². The lowest BCUT2D eigenvalue weighted by atomic mass is 10.2. The van der Waals surface area contributed by atoms with Crippen molar-refractivity contribution in [3.63, 3.8) is 0 Å². The first-order valence-corrected chi connectivity index (χ1v) is 6.18. The van der Waals surface area contributed by atoms with Gasteiger partial charge in [-0.2, -0.15) is 0 Å². The number of alkyl halides is 3. The second-order valence-electron chi connectivity index (χ2n) is 4.26. The van der Waals surface area contributed by atoms with Crippen molar-refractivity contribution in [3.05, 3.63) is 54.1 Å². The van der Waals surface area contributed by atoms with E-state index in [0.717, 1.165) is 0 Å². The maximum Gasteiger partial charge on any atom is 0.573 e. The van der Waals surface area contributed by atoms with Crippen LogP contribution in [0.2, 0.25) is 0 Å². The number of fused-ring (bicyclic) bond motifs is 1. The molecule has 3 aromatic rings. The molecule has 0 fully saturated rings. The predicted octanol–water partition coefficient (Wildman–Crippen LogP) is 3.26. The summed E-state index contributed by atoms with van der Waals surface area (Å²) in [5.74, 6) is 5.06. The molecule has 110 valence electrons. The number of hydrogen-bond acceptors (Lipinski definition) is 3. The summed E-state index contributed by atoms with van der Waals surface area (Å²) in [7, 11) is 0. The number of nitrogens with zero attached hydrogens (tertiary/aromatic N) is 2. The molecule has 0 atom stereocenters. The van der Waals surface area contributed by atoms with Crippen molar-refractivity contribution < 1.29 is 17.9 Å². The monoisotopic (exact) mass is 303 g/mol. The van der Waals surface area contributed by atoms with E-state index in [2.05, 4.69) is 31.5 Å². The van der Waals surface area contributed by atoms with Crippen LogP contribution in [-0.2, 0) is 0 Å². The maximum atomic E-state index is 12.4. The van der Waals surface area contributed by atoms with Gasteiger partial charge in [-0.1, -0.05) is 18.1 Å². The Balaban J connectivity index is 1.99. The zero-order valence-corrected chi connectivity index (χ0v) is 11.0. The molecule has 4 nitrogen and oxygen atoms in total. The Labute approximate surface area is 123 Å². The minimum atomic E-state index is -4.76.